The van der Waals surface area contributed by atoms with Gasteiger partial charge in [0, 0.05) is 11.5 Å². The summed E-state index contributed by atoms with van der Waals surface area (Å²) >= 11 is 0. The van der Waals surface area contributed by atoms with Crippen molar-refractivity contribution in [3.8, 4) is 0 Å². The van der Waals surface area contributed by atoms with Gasteiger partial charge in [-0.05, 0) is 67.3 Å². The predicted molar refractivity (Wildman–Crippen MR) is 87.1 cm³/mol. The molecule has 0 amide bonds. The van der Waals surface area contributed by atoms with Crippen LogP contribution in [-0.2, 0) is 0 Å². The molecule has 0 spiro atoms. The van der Waals surface area contributed by atoms with Crippen LogP contribution in [-0.4, -0.2) is 22.4 Å². The minimum absolute atomic E-state index is 0.111. The van der Waals surface area contributed by atoms with E-state index in [1.165, 1.54) is 0 Å². The van der Waals surface area contributed by atoms with Crippen molar-refractivity contribution >= 4 is 0 Å². The van der Waals surface area contributed by atoms with Gasteiger partial charge in [0.2, 0.25) is 0 Å². The van der Waals surface area contributed by atoms with Crippen molar-refractivity contribution < 1.29 is 10.2 Å². The first-order valence-electron chi connectivity index (χ1n) is 8.89. The lowest BCUT2D eigenvalue weighted by molar-refractivity contribution is -0.134. The van der Waals surface area contributed by atoms with Gasteiger partial charge in [0.15, 0.2) is 0 Å². The third-order valence-corrected chi connectivity index (χ3v) is 7.78. The smallest absolute Gasteiger partial charge is 0.0944 e. The molecule has 2 fully saturated rings. The molecule has 3 nitrogen and oxygen atoms in total. The molecular weight excluding hydrogens is 274 g/mol. The molecule has 0 aromatic heterocycles. The van der Waals surface area contributed by atoms with E-state index in [0.717, 1.165) is 32.1 Å². The minimum atomic E-state index is -0.245. The maximum atomic E-state index is 10.9. The van der Waals surface area contributed by atoms with E-state index in [1.807, 2.05) is 6.08 Å². The first-order chi connectivity index (χ1) is 10.4. The average molecular weight is 303 g/mol. The molecule has 8 atom stereocenters. The van der Waals surface area contributed by atoms with Gasteiger partial charge < -0.3 is 15.9 Å². The maximum absolute atomic E-state index is 10.9. The van der Waals surface area contributed by atoms with E-state index in [4.69, 9.17) is 5.73 Å². The highest BCUT2D eigenvalue weighted by atomic mass is 16.3. The van der Waals surface area contributed by atoms with Crippen LogP contribution in [0.5, 0.6) is 0 Å². The Labute approximate surface area is 133 Å². The molecular formula is C19H29NO2. The number of aliphatic hydroxyl groups excluding tert-OH is 2. The van der Waals surface area contributed by atoms with E-state index in [0.29, 0.717) is 29.4 Å². The quantitative estimate of drug-likeness (QED) is 0.602. The number of hydrogen-bond donors (Lipinski definition) is 3. The molecule has 4 N–H and O–H groups in total. The Balaban J connectivity index is 1.72. The summed E-state index contributed by atoms with van der Waals surface area (Å²) < 4.78 is 0. The van der Waals surface area contributed by atoms with Crippen molar-refractivity contribution in [2.75, 3.05) is 0 Å². The third kappa shape index (κ3) is 1.75. The Morgan fingerprint density at radius 3 is 2.77 bits per heavy atom. The lowest BCUT2D eigenvalue weighted by atomic mass is 9.45. The molecule has 4 rings (SSSR count). The summed E-state index contributed by atoms with van der Waals surface area (Å²) in [5.41, 5.74) is 6.18. The molecule has 0 aromatic carbocycles. The number of aliphatic hydroxyl groups is 2. The lowest BCUT2D eigenvalue weighted by Crippen LogP contribution is -2.57. The van der Waals surface area contributed by atoms with Gasteiger partial charge in [-0.25, -0.2) is 0 Å². The Bertz CT molecular complexity index is 542. The highest BCUT2D eigenvalue weighted by molar-refractivity contribution is 5.24. The minimum Gasteiger partial charge on any atom is -0.512 e. The summed E-state index contributed by atoms with van der Waals surface area (Å²) in [5, 5.41) is 21.3. The molecule has 122 valence electrons. The Kier molecular flexibility index (Phi) is 3.09. The van der Waals surface area contributed by atoms with Gasteiger partial charge in [0.25, 0.3) is 0 Å². The van der Waals surface area contributed by atoms with E-state index >= 15 is 0 Å². The fraction of sp³-hybridized carbons (Fsp3) is 0.789. The van der Waals surface area contributed by atoms with Gasteiger partial charge in [-0.3, -0.25) is 0 Å². The monoisotopic (exact) mass is 303 g/mol. The number of nitrogens with two attached hydrogens (primary N) is 1. The van der Waals surface area contributed by atoms with Crippen molar-refractivity contribution in [2.45, 2.75) is 58.1 Å². The molecule has 22 heavy (non-hydrogen) atoms. The van der Waals surface area contributed by atoms with Crippen LogP contribution in [0.4, 0.5) is 0 Å². The van der Waals surface area contributed by atoms with Gasteiger partial charge in [0.05, 0.1) is 11.9 Å². The van der Waals surface area contributed by atoms with Gasteiger partial charge in [-0.1, -0.05) is 26.0 Å². The highest BCUT2D eigenvalue weighted by Gasteiger charge is 2.60. The zero-order valence-electron chi connectivity index (χ0n) is 13.7. The van der Waals surface area contributed by atoms with Crippen molar-refractivity contribution in [1.82, 2.24) is 0 Å². The molecule has 3 heteroatoms. The zero-order chi connectivity index (χ0) is 15.7. The lowest BCUT2D eigenvalue weighted by Gasteiger charge is -2.60. The molecule has 0 saturated heterocycles. The number of hydrogen-bond acceptors (Lipinski definition) is 3. The van der Waals surface area contributed by atoms with Crippen LogP contribution in [0.25, 0.3) is 0 Å². The van der Waals surface area contributed by atoms with Crippen molar-refractivity contribution in [3.63, 3.8) is 0 Å². The second kappa shape index (κ2) is 4.61. The maximum Gasteiger partial charge on any atom is 0.0944 e. The molecule has 4 aliphatic rings. The summed E-state index contributed by atoms with van der Waals surface area (Å²) in [6.07, 6.45) is 11.2. The molecule has 0 aliphatic heterocycles. The standard InChI is InChI=1S/C19H29NO2/c1-18-7-5-12(20)9-11(18)10-15(21)17-13-3-4-16(22)19(13,2)8-6-14(17)18/h4-5,7,11-15,17,21-22H,3,6,8-10,20H2,1-2H3/t11?,12?,13-,14-,15-,17-,18-,19-/m0/s1. The topological polar surface area (TPSA) is 66.5 Å². The predicted octanol–water partition coefficient (Wildman–Crippen LogP) is 3.16. The SMILES string of the molecule is C[C@]12C=CC(N)CC1C[C@H](O)[C@@H]1[C@@H]2CC[C@]2(C)C(O)=CC[C@@H]12. The summed E-state index contributed by atoms with van der Waals surface area (Å²) in [5.74, 6) is 2.28. The molecule has 0 bridgehead atoms. The second-order valence-corrected chi connectivity index (χ2v) is 8.70. The Morgan fingerprint density at radius 1 is 1.23 bits per heavy atom. The van der Waals surface area contributed by atoms with Crippen LogP contribution < -0.4 is 5.73 Å². The number of rotatable bonds is 0. The van der Waals surface area contributed by atoms with Crippen LogP contribution in [0.3, 0.4) is 0 Å². The van der Waals surface area contributed by atoms with Gasteiger partial charge in [-0.2, -0.15) is 0 Å². The van der Waals surface area contributed by atoms with Gasteiger partial charge in [0.1, 0.15) is 0 Å². The third-order valence-electron chi connectivity index (χ3n) is 7.78. The van der Waals surface area contributed by atoms with E-state index < -0.39 is 0 Å². The Morgan fingerprint density at radius 2 is 2.00 bits per heavy atom. The van der Waals surface area contributed by atoms with E-state index in [2.05, 4.69) is 26.0 Å². The normalized spacial score (nSPS) is 56.8. The first-order valence-corrected chi connectivity index (χ1v) is 8.89. The van der Waals surface area contributed by atoms with Gasteiger partial charge in [-0.15, -0.1) is 0 Å². The summed E-state index contributed by atoms with van der Waals surface area (Å²) in [6, 6.07) is 0.146. The zero-order valence-corrected chi connectivity index (χ0v) is 13.7. The van der Waals surface area contributed by atoms with E-state index in [1.54, 1.807) is 0 Å². The number of fused-ring (bicyclic) bond motifs is 5. The molecule has 0 aromatic rings. The fourth-order valence-electron chi connectivity index (χ4n) is 6.36. The summed E-state index contributed by atoms with van der Waals surface area (Å²) in [4.78, 5) is 0. The van der Waals surface area contributed by atoms with Crippen molar-refractivity contribution in [3.05, 3.63) is 24.0 Å². The molecule has 2 saturated carbocycles. The highest BCUT2D eigenvalue weighted by Crippen LogP contribution is 2.64. The summed E-state index contributed by atoms with van der Waals surface area (Å²) in [7, 11) is 0. The molecule has 0 heterocycles. The summed E-state index contributed by atoms with van der Waals surface area (Å²) in [6.45, 7) is 4.58. The first kappa shape index (κ1) is 14.8. The van der Waals surface area contributed by atoms with Crippen molar-refractivity contribution in [2.24, 2.45) is 40.2 Å². The van der Waals surface area contributed by atoms with Gasteiger partial charge >= 0.3 is 0 Å². The molecule has 4 aliphatic carbocycles. The van der Waals surface area contributed by atoms with E-state index in [9.17, 15) is 10.2 Å². The Hall–Kier alpha value is -0.800. The molecule has 2 unspecified atom stereocenters. The van der Waals surface area contributed by atoms with Crippen LogP contribution in [0.1, 0.15) is 46.0 Å². The average Bonchev–Trinajstić information content (AvgIpc) is 2.77. The largest absolute Gasteiger partial charge is 0.512 e. The van der Waals surface area contributed by atoms with Crippen LogP contribution in [0.15, 0.2) is 24.0 Å². The van der Waals surface area contributed by atoms with Crippen LogP contribution >= 0.6 is 0 Å². The second-order valence-electron chi connectivity index (χ2n) is 8.70. The van der Waals surface area contributed by atoms with Crippen LogP contribution in [0, 0.1) is 34.5 Å². The fourth-order valence-corrected chi connectivity index (χ4v) is 6.36. The van der Waals surface area contributed by atoms with Crippen LogP contribution in [0.2, 0.25) is 0 Å². The number of allylic oxidation sites excluding steroid dienone is 3. The molecule has 0 radical (unpaired) electrons. The van der Waals surface area contributed by atoms with E-state index in [-0.39, 0.29) is 23.0 Å². The van der Waals surface area contributed by atoms with Crippen molar-refractivity contribution in [1.29, 1.82) is 0 Å².